The third-order valence-corrected chi connectivity index (χ3v) is 2.95. The molecule has 2 aliphatic rings. The third kappa shape index (κ3) is 3.26. The second-order valence-corrected chi connectivity index (χ2v) is 4.49. The van der Waals surface area contributed by atoms with E-state index in [0.29, 0.717) is 6.32 Å². The van der Waals surface area contributed by atoms with Crippen LogP contribution in [0.4, 0.5) is 0 Å². The first-order valence-corrected chi connectivity index (χ1v) is 6.28. The minimum Gasteiger partial charge on any atom is -0.463 e. The fourth-order valence-electron chi connectivity index (χ4n) is 2.17. The topological polar surface area (TPSA) is 80.3 Å². The highest BCUT2D eigenvalue weighted by Gasteiger charge is 2.55. The van der Waals surface area contributed by atoms with E-state index < -0.39 is 36.5 Å². The summed E-state index contributed by atoms with van der Waals surface area (Å²) >= 11 is 0. The largest absolute Gasteiger partial charge is 0.463 e. The van der Waals surface area contributed by atoms with Crippen molar-refractivity contribution in [3.63, 3.8) is 0 Å². The van der Waals surface area contributed by atoms with Gasteiger partial charge in [0.1, 0.15) is 24.9 Å². The quantitative estimate of drug-likeness (QED) is 0.531. The lowest BCUT2D eigenvalue weighted by Crippen LogP contribution is -2.33. The van der Waals surface area contributed by atoms with Gasteiger partial charge in [0.15, 0.2) is 0 Å². The standard InChI is InChI=1S/C11H17BO7/c1-4-12-18-9-8(5-15-6(2)13)17-11(10(9)19-12)16-7(3)14/h8-11H,4-5H2,1-3H3/t8-,9+,10+,11+/m1/s1. The normalized spacial score (nSPS) is 33.1. The van der Waals surface area contributed by atoms with Gasteiger partial charge >= 0.3 is 19.1 Å². The van der Waals surface area contributed by atoms with Crippen LogP contribution < -0.4 is 0 Å². The highest BCUT2D eigenvalue weighted by atomic mass is 16.8. The Morgan fingerprint density at radius 1 is 1.16 bits per heavy atom. The lowest BCUT2D eigenvalue weighted by molar-refractivity contribution is -0.188. The molecular formula is C11H17BO7. The Morgan fingerprint density at radius 2 is 1.84 bits per heavy atom. The summed E-state index contributed by atoms with van der Waals surface area (Å²) in [5.74, 6) is -0.859. The molecule has 0 aromatic heterocycles. The fraction of sp³-hybridized carbons (Fsp3) is 0.818. The van der Waals surface area contributed by atoms with Crippen LogP contribution in [0.25, 0.3) is 0 Å². The molecule has 0 saturated carbocycles. The first-order valence-electron chi connectivity index (χ1n) is 6.28. The van der Waals surface area contributed by atoms with Crippen molar-refractivity contribution < 1.29 is 33.1 Å². The molecule has 2 heterocycles. The summed E-state index contributed by atoms with van der Waals surface area (Å²) in [5, 5.41) is 0. The van der Waals surface area contributed by atoms with Gasteiger partial charge in [-0.1, -0.05) is 6.92 Å². The lowest BCUT2D eigenvalue weighted by atomic mass is 9.87. The smallest absolute Gasteiger partial charge is 0.457 e. The summed E-state index contributed by atoms with van der Waals surface area (Å²) in [6, 6.07) is 0. The van der Waals surface area contributed by atoms with E-state index in [4.69, 9.17) is 23.5 Å². The van der Waals surface area contributed by atoms with Gasteiger partial charge in [-0.05, 0) is 6.32 Å². The van der Waals surface area contributed by atoms with Crippen LogP contribution in [0.1, 0.15) is 20.8 Å². The van der Waals surface area contributed by atoms with Crippen LogP contribution in [0.2, 0.25) is 6.32 Å². The molecule has 0 radical (unpaired) electrons. The first kappa shape index (κ1) is 14.3. The van der Waals surface area contributed by atoms with Gasteiger partial charge in [-0.15, -0.1) is 0 Å². The van der Waals surface area contributed by atoms with Crippen molar-refractivity contribution in [3.8, 4) is 0 Å². The number of fused-ring (bicyclic) bond motifs is 1. The van der Waals surface area contributed by atoms with Crippen LogP contribution in [0.15, 0.2) is 0 Å². The van der Waals surface area contributed by atoms with Crippen LogP contribution in [0, 0.1) is 0 Å². The Morgan fingerprint density at radius 3 is 2.42 bits per heavy atom. The van der Waals surface area contributed by atoms with Crippen LogP contribution in [-0.2, 0) is 33.1 Å². The number of carbonyl (C=O) groups is 2. The zero-order valence-electron chi connectivity index (χ0n) is 11.2. The highest BCUT2D eigenvalue weighted by molar-refractivity contribution is 6.45. The average Bonchev–Trinajstić information content (AvgIpc) is 2.86. The summed E-state index contributed by atoms with van der Waals surface area (Å²) in [4.78, 5) is 21.9. The lowest BCUT2D eigenvalue weighted by Gasteiger charge is -2.17. The van der Waals surface area contributed by atoms with E-state index in [1.165, 1.54) is 13.8 Å². The number of rotatable bonds is 4. The number of ether oxygens (including phenoxy) is 3. The van der Waals surface area contributed by atoms with Gasteiger partial charge in [0.05, 0.1) is 0 Å². The van der Waals surface area contributed by atoms with E-state index in [9.17, 15) is 9.59 Å². The van der Waals surface area contributed by atoms with Gasteiger partial charge in [-0.3, -0.25) is 9.59 Å². The highest BCUT2D eigenvalue weighted by Crippen LogP contribution is 2.34. The van der Waals surface area contributed by atoms with Gasteiger partial charge in [-0.25, -0.2) is 0 Å². The van der Waals surface area contributed by atoms with Crippen molar-refractivity contribution >= 4 is 19.1 Å². The van der Waals surface area contributed by atoms with Crippen molar-refractivity contribution in [1.82, 2.24) is 0 Å². The molecule has 0 amide bonds. The van der Waals surface area contributed by atoms with E-state index in [1.807, 2.05) is 6.92 Å². The molecule has 2 fully saturated rings. The van der Waals surface area contributed by atoms with Crippen molar-refractivity contribution in [2.24, 2.45) is 0 Å². The van der Waals surface area contributed by atoms with E-state index in [1.54, 1.807) is 0 Å². The summed E-state index contributed by atoms with van der Waals surface area (Å²) in [7, 11) is -0.350. The van der Waals surface area contributed by atoms with E-state index in [0.717, 1.165) is 0 Å². The minimum atomic E-state index is -0.820. The summed E-state index contributed by atoms with van der Waals surface area (Å²) in [6.07, 6.45) is -1.50. The molecule has 106 valence electrons. The zero-order valence-corrected chi connectivity index (χ0v) is 11.2. The molecule has 0 aliphatic carbocycles. The summed E-state index contributed by atoms with van der Waals surface area (Å²) in [5.41, 5.74) is 0. The molecule has 0 spiro atoms. The Kier molecular flexibility index (Phi) is 4.44. The SMILES string of the molecule is CCB1O[C@@H]2[C@@H](OC(C)=O)O[C@H](COC(C)=O)[C@@H]2O1. The number of esters is 2. The number of carbonyl (C=O) groups excluding carboxylic acids is 2. The Hall–Kier alpha value is -1.12. The molecule has 0 N–H and O–H groups in total. The number of hydrogen-bond acceptors (Lipinski definition) is 7. The predicted octanol–water partition coefficient (Wildman–Crippen LogP) is 0.130. The molecule has 4 atom stereocenters. The monoisotopic (exact) mass is 272 g/mol. The average molecular weight is 272 g/mol. The van der Waals surface area contributed by atoms with Crippen molar-refractivity contribution in [3.05, 3.63) is 0 Å². The van der Waals surface area contributed by atoms with E-state index >= 15 is 0 Å². The van der Waals surface area contributed by atoms with E-state index in [-0.39, 0.29) is 13.7 Å². The Bertz CT molecular complexity index is 361. The molecule has 0 bridgehead atoms. The first-order chi connectivity index (χ1) is 9.01. The predicted molar refractivity (Wildman–Crippen MR) is 63.0 cm³/mol. The fourth-order valence-corrected chi connectivity index (χ4v) is 2.17. The Labute approximate surface area is 111 Å². The second-order valence-electron chi connectivity index (χ2n) is 4.49. The van der Waals surface area contributed by atoms with Crippen molar-refractivity contribution in [1.29, 1.82) is 0 Å². The molecule has 2 saturated heterocycles. The maximum absolute atomic E-state index is 11.0. The molecule has 8 heteroatoms. The summed E-state index contributed by atoms with van der Waals surface area (Å²) in [6.45, 7) is 4.59. The molecular weight excluding hydrogens is 255 g/mol. The second kappa shape index (κ2) is 5.89. The van der Waals surface area contributed by atoms with Crippen LogP contribution >= 0.6 is 0 Å². The number of hydrogen-bond donors (Lipinski definition) is 0. The maximum atomic E-state index is 11.0. The molecule has 7 nitrogen and oxygen atoms in total. The minimum absolute atomic E-state index is 0.0497. The van der Waals surface area contributed by atoms with Crippen molar-refractivity contribution in [2.75, 3.05) is 6.61 Å². The van der Waals surface area contributed by atoms with Gasteiger partial charge in [0.25, 0.3) is 0 Å². The molecule has 0 aromatic carbocycles. The van der Waals surface area contributed by atoms with E-state index in [2.05, 4.69) is 0 Å². The van der Waals surface area contributed by atoms with Gasteiger partial charge in [-0.2, -0.15) is 0 Å². The zero-order chi connectivity index (χ0) is 14.0. The molecule has 2 rings (SSSR count). The molecule has 2 aliphatic heterocycles. The van der Waals surface area contributed by atoms with Crippen LogP contribution in [0.5, 0.6) is 0 Å². The third-order valence-electron chi connectivity index (χ3n) is 2.95. The molecule has 19 heavy (non-hydrogen) atoms. The Balaban J connectivity index is 2.01. The molecule has 0 unspecified atom stereocenters. The van der Waals surface area contributed by atoms with Gasteiger partial charge in [0, 0.05) is 13.8 Å². The van der Waals surface area contributed by atoms with Crippen LogP contribution in [0.3, 0.4) is 0 Å². The molecule has 0 aromatic rings. The van der Waals surface area contributed by atoms with Crippen LogP contribution in [-0.4, -0.2) is 50.3 Å². The summed E-state index contributed by atoms with van der Waals surface area (Å²) < 4.78 is 26.8. The van der Waals surface area contributed by atoms with Crippen molar-refractivity contribution in [2.45, 2.75) is 51.7 Å². The van der Waals surface area contributed by atoms with Gasteiger partial charge in [0.2, 0.25) is 6.29 Å². The maximum Gasteiger partial charge on any atom is 0.457 e. The van der Waals surface area contributed by atoms with Gasteiger partial charge < -0.3 is 23.5 Å².